The molecule has 0 unspecified atom stereocenters. The molecule has 0 radical (unpaired) electrons. The molecular weight excluding hydrogens is 396 g/mol. The number of hydrogen-bond donors (Lipinski definition) is 1. The SMILES string of the molecule is COc1cc(C(=O)O[C@H](C)C(=O)Nc2ccc3ccccc3c2)ccc1OC(F)F. The first kappa shape index (κ1) is 21.0. The zero-order chi connectivity index (χ0) is 21.7. The van der Waals surface area contributed by atoms with Crippen LogP contribution in [0.1, 0.15) is 17.3 Å². The largest absolute Gasteiger partial charge is 0.493 e. The molecule has 1 amide bonds. The highest BCUT2D eigenvalue weighted by Gasteiger charge is 2.21. The van der Waals surface area contributed by atoms with Crippen molar-refractivity contribution in [3.05, 3.63) is 66.2 Å². The van der Waals surface area contributed by atoms with E-state index in [4.69, 9.17) is 9.47 Å². The molecule has 1 atom stereocenters. The molecule has 0 aromatic heterocycles. The standard InChI is InChI=1S/C22H19F2NO5/c1-13(20(26)25-17-9-7-14-5-3-4-6-15(14)11-17)29-21(27)16-8-10-18(30-22(23)24)19(12-16)28-2/h3-13,22H,1-2H3,(H,25,26)/t13-/m1/s1. The second kappa shape index (κ2) is 9.21. The summed E-state index contributed by atoms with van der Waals surface area (Å²) in [5, 5.41) is 4.69. The summed E-state index contributed by atoms with van der Waals surface area (Å²) in [6.07, 6.45) is -1.09. The van der Waals surface area contributed by atoms with Crippen LogP contribution in [0.4, 0.5) is 14.5 Å². The van der Waals surface area contributed by atoms with Crippen LogP contribution in [0.15, 0.2) is 60.7 Å². The number of hydrogen-bond acceptors (Lipinski definition) is 5. The van der Waals surface area contributed by atoms with E-state index in [9.17, 15) is 18.4 Å². The summed E-state index contributed by atoms with van der Waals surface area (Å²) in [5.41, 5.74) is 0.593. The summed E-state index contributed by atoms with van der Waals surface area (Å²) in [4.78, 5) is 24.7. The monoisotopic (exact) mass is 415 g/mol. The molecule has 8 heteroatoms. The van der Waals surface area contributed by atoms with Gasteiger partial charge in [-0.1, -0.05) is 30.3 Å². The second-order valence-corrected chi connectivity index (χ2v) is 6.34. The quantitative estimate of drug-likeness (QED) is 0.570. The smallest absolute Gasteiger partial charge is 0.387 e. The van der Waals surface area contributed by atoms with Crippen molar-refractivity contribution in [1.82, 2.24) is 0 Å². The van der Waals surface area contributed by atoms with E-state index in [0.717, 1.165) is 10.8 Å². The van der Waals surface area contributed by atoms with Gasteiger partial charge >= 0.3 is 12.6 Å². The summed E-state index contributed by atoms with van der Waals surface area (Å²) in [6.45, 7) is -1.60. The molecule has 3 aromatic rings. The molecule has 1 N–H and O–H groups in total. The van der Waals surface area contributed by atoms with Gasteiger partial charge in [-0.2, -0.15) is 8.78 Å². The lowest BCUT2D eigenvalue weighted by molar-refractivity contribution is -0.123. The van der Waals surface area contributed by atoms with Crippen molar-refractivity contribution >= 4 is 28.3 Å². The third-order valence-electron chi connectivity index (χ3n) is 4.29. The zero-order valence-corrected chi connectivity index (χ0v) is 16.2. The molecule has 0 spiro atoms. The Hall–Kier alpha value is -3.68. The fraction of sp³-hybridized carbons (Fsp3) is 0.182. The molecule has 30 heavy (non-hydrogen) atoms. The summed E-state index contributed by atoms with van der Waals surface area (Å²) in [6, 6.07) is 16.7. The fourth-order valence-electron chi connectivity index (χ4n) is 2.78. The minimum atomic E-state index is -3.03. The average molecular weight is 415 g/mol. The predicted octanol–water partition coefficient (Wildman–Crippen LogP) is 4.63. The second-order valence-electron chi connectivity index (χ2n) is 6.34. The Kier molecular flexibility index (Phi) is 6.46. The molecule has 0 heterocycles. The van der Waals surface area contributed by atoms with Crippen LogP contribution in [-0.4, -0.2) is 31.7 Å². The van der Waals surface area contributed by atoms with Gasteiger partial charge in [-0.25, -0.2) is 4.79 Å². The van der Waals surface area contributed by atoms with Crippen LogP contribution in [-0.2, 0) is 9.53 Å². The predicted molar refractivity (Wildman–Crippen MR) is 107 cm³/mol. The van der Waals surface area contributed by atoms with Crippen molar-refractivity contribution in [2.75, 3.05) is 12.4 Å². The third-order valence-corrected chi connectivity index (χ3v) is 4.29. The number of esters is 1. The molecule has 3 aromatic carbocycles. The van der Waals surface area contributed by atoms with Gasteiger partial charge in [0.05, 0.1) is 12.7 Å². The summed E-state index contributed by atoms with van der Waals surface area (Å²) < 4.78 is 39.3. The Morgan fingerprint density at radius 3 is 2.37 bits per heavy atom. The third kappa shape index (κ3) is 5.02. The van der Waals surface area contributed by atoms with Crippen LogP contribution >= 0.6 is 0 Å². The number of alkyl halides is 2. The molecule has 0 aliphatic carbocycles. The van der Waals surface area contributed by atoms with Crippen LogP contribution in [0.3, 0.4) is 0 Å². The first-order chi connectivity index (χ1) is 14.4. The Labute approximate surface area is 171 Å². The van der Waals surface area contributed by atoms with Crippen molar-refractivity contribution in [2.24, 2.45) is 0 Å². The van der Waals surface area contributed by atoms with Gasteiger partial charge in [-0.15, -0.1) is 0 Å². The molecule has 0 bridgehead atoms. The van der Waals surface area contributed by atoms with E-state index in [1.54, 1.807) is 6.07 Å². The van der Waals surface area contributed by atoms with E-state index in [2.05, 4.69) is 10.1 Å². The van der Waals surface area contributed by atoms with Gasteiger partial charge in [0, 0.05) is 5.69 Å². The molecule has 6 nitrogen and oxygen atoms in total. The zero-order valence-electron chi connectivity index (χ0n) is 16.2. The van der Waals surface area contributed by atoms with E-state index in [1.807, 2.05) is 36.4 Å². The Balaban J connectivity index is 1.66. The maximum absolute atomic E-state index is 12.4. The minimum Gasteiger partial charge on any atom is -0.493 e. The fourth-order valence-corrected chi connectivity index (χ4v) is 2.78. The number of carbonyl (C=O) groups excluding carboxylic acids is 2. The van der Waals surface area contributed by atoms with Gasteiger partial charge < -0.3 is 19.5 Å². The van der Waals surface area contributed by atoms with E-state index < -0.39 is 24.6 Å². The Bertz CT molecular complexity index is 1070. The van der Waals surface area contributed by atoms with Crippen molar-refractivity contribution in [3.8, 4) is 11.5 Å². The molecule has 0 saturated carbocycles. The summed E-state index contributed by atoms with van der Waals surface area (Å²) in [7, 11) is 1.25. The van der Waals surface area contributed by atoms with Gasteiger partial charge in [0.15, 0.2) is 17.6 Å². The van der Waals surface area contributed by atoms with Crippen LogP contribution in [0.25, 0.3) is 10.8 Å². The van der Waals surface area contributed by atoms with Gasteiger partial charge in [-0.05, 0) is 48.0 Å². The lowest BCUT2D eigenvalue weighted by Gasteiger charge is -2.15. The highest BCUT2D eigenvalue weighted by atomic mass is 19.3. The number of benzene rings is 3. The van der Waals surface area contributed by atoms with Crippen molar-refractivity contribution in [2.45, 2.75) is 19.6 Å². The highest BCUT2D eigenvalue weighted by Crippen LogP contribution is 2.30. The Morgan fingerprint density at radius 2 is 1.67 bits per heavy atom. The number of nitrogens with one attached hydrogen (secondary N) is 1. The number of halogens is 2. The number of amides is 1. The number of fused-ring (bicyclic) bond motifs is 1. The number of carbonyl (C=O) groups is 2. The van der Waals surface area contributed by atoms with E-state index in [1.165, 1.54) is 32.2 Å². The van der Waals surface area contributed by atoms with Gasteiger partial charge in [0.1, 0.15) is 0 Å². The molecule has 0 aliphatic rings. The van der Waals surface area contributed by atoms with Crippen LogP contribution in [0, 0.1) is 0 Å². The van der Waals surface area contributed by atoms with Crippen molar-refractivity contribution < 1.29 is 32.6 Å². The first-order valence-electron chi connectivity index (χ1n) is 9.01. The van der Waals surface area contributed by atoms with Crippen molar-refractivity contribution in [3.63, 3.8) is 0 Å². The summed E-state index contributed by atoms with van der Waals surface area (Å²) >= 11 is 0. The lowest BCUT2D eigenvalue weighted by Crippen LogP contribution is -2.30. The van der Waals surface area contributed by atoms with Gasteiger partial charge in [0.25, 0.3) is 5.91 Å². The summed E-state index contributed by atoms with van der Waals surface area (Å²) in [5.74, 6) is -1.59. The van der Waals surface area contributed by atoms with Crippen LogP contribution in [0.2, 0.25) is 0 Å². The lowest BCUT2D eigenvalue weighted by atomic mass is 10.1. The molecule has 156 valence electrons. The topological polar surface area (TPSA) is 73.9 Å². The van der Waals surface area contributed by atoms with E-state index in [0.29, 0.717) is 5.69 Å². The first-order valence-corrected chi connectivity index (χ1v) is 9.01. The van der Waals surface area contributed by atoms with E-state index >= 15 is 0 Å². The van der Waals surface area contributed by atoms with Gasteiger partial charge in [-0.3, -0.25) is 4.79 Å². The number of ether oxygens (including phenoxy) is 3. The molecule has 0 aliphatic heterocycles. The maximum atomic E-state index is 12.4. The average Bonchev–Trinajstić information content (AvgIpc) is 2.73. The molecule has 0 saturated heterocycles. The highest BCUT2D eigenvalue weighted by molar-refractivity contribution is 5.99. The normalized spacial score (nSPS) is 11.8. The molecule has 0 fully saturated rings. The number of rotatable bonds is 7. The van der Waals surface area contributed by atoms with E-state index in [-0.39, 0.29) is 17.1 Å². The van der Waals surface area contributed by atoms with Crippen molar-refractivity contribution in [1.29, 1.82) is 0 Å². The molecule has 3 rings (SSSR count). The Morgan fingerprint density at radius 1 is 0.933 bits per heavy atom. The van der Waals surface area contributed by atoms with Gasteiger partial charge in [0.2, 0.25) is 0 Å². The maximum Gasteiger partial charge on any atom is 0.387 e. The minimum absolute atomic E-state index is 0.0267. The van der Waals surface area contributed by atoms with Crippen LogP contribution < -0.4 is 14.8 Å². The molecular formula is C22H19F2NO5. The van der Waals surface area contributed by atoms with Crippen LogP contribution in [0.5, 0.6) is 11.5 Å². The number of methoxy groups -OCH3 is 1. The number of anilines is 1.